The van der Waals surface area contributed by atoms with E-state index in [1.54, 1.807) is 6.07 Å². The summed E-state index contributed by atoms with van der Waals surface area (Å²) in [6, 6.07) is 11.8. The molecule has 11 heteroatoms. The fourth-order valence-corrected chi connectivity index (χ4v) is 9.04. The Labute approximate surface area is 293 Å². The lowest BCUT2D eigenvalue weighted by molar-refractivity contribution is -0.0971. The van der Waals surface area contributed by atoms with Crippen molar-refractivity contribution < 1.29 is 9.90 Å². The highest BCUT2D eigenvalue weighted by Gasteiger charge is 2.55. The van der Waals surface area contributed by atoms with Crippen LogP contribution < -0.4 is 15.5 Å². The van der Waals surface area contributed by atoms with Crippen LogP contribution in [0.4, 0.5) is 16.3 Å². The lowest BCUT2D eigenvalue weighted by Gasteiger charge is -2.61. The molecule has 0 radical (unpaired) electrons. The van der Waals surface area contributed by atoms with Crippen molar-refractivity contribution in [2.75, 3.05) is 82.7 Å². The number of phenols is 1. The Morgan fingerprint density at radius 1 is 0.857 bits per heavy atom. The van der Waals surface area contributed by atoms with Crippen molar-refractivity contribution in [2.24, 2.45) is 10.8 Å². The number of anilines is 2. The minimum atomic E-state index is 0.0802. The summed E-state index contributed by atoms with van der Waals surface area (Å²) in [6.45, 7) is 19.5. The van der Waals surface area contributed by atoms with Crippen LogP contribution in [0.1, 0.15) is 66.2 Å². The summed E-state index contributed by atoms with van der Waals surface area (Å²) in [5.74, 6) is 1.01. The van der Waals surface area contributed by atoms with Gasteiger partial charge < -0.3 is 35.3 Å². The van der Waals surface area contributed by atoms with Gasteiger partial charge in [0.1, 0.15) is 5.75 Å². The van der Waals surface area contributed by atoms with Crippen molar-refractivity contribution in [2.45, 2.75) is 90.4 Å². The van der Waals surface area contributed by atoms with Crippen LogP contribution >= 0.6 is 0 Å². The van der Waals surface area contributed by atoms with Crippen molar-refractivity contribution in [3.63, 3.8) is 0 Å². The van der Waals surface area contributed by atoms with Crippen molar-refractivity contribution >= 4 is 17.5 Å². The molecule has 1 aromatic carbocycles. The van der Waals surface area contributed by atoms with Gasteiger partial charge in [0.05, 0.1) is 11.4 Å². The van der Waals surface area contributed by atoms with E-state index in [2.05, 4.69) is 74.2 Å². The van der Waals surface area contributed by atoms with E-state index in [-0.39, 0.29) is 23.2 Å². The van der Waals surface area contributed by atoms with Gasteiger partial charge in [-0.1, -0.05) is 32.9 Å². The molecular formula is C38H59N9O2. The number of carbonyl (C=O) groups is 1. The van der Waals surface area contributed by atoms with Crippen LogP contribution in [-0.2, 0) is 0 Å². The molecule has 1 atom stereocenters. The highest BCUT2D eigenvalue weighted by atomic mass is 16.3. The first-order valence-corrected chi connectivity index (χ1v) is 18.9. The van der Waals surface area contributed by atoms with Gasteiger partial charge in [-0.15, -0.1) is 10.2 Å². The Balaban J connectivity index is 0.819. The number of para-hydroxylation sites is 1. The van der Waals surface area contributed by atoms with Gasteiger partial charge in [-0.3, -0.25) is 4.90 Å². The number of nitrogens with zero attached hydrogens (tertiary/aromatic N) is 7. The summed E-state index contributed by atoms with van der Waals surface area (Å²) in [7, 11) is 1.89. The number of carbonyl (C=O) groups excluding carboxylic acids is 1. The largest absolute Gasteiger partial charge is 0.507 e. The lowest BCUT2D eigenvalue weighted by Crippen LogP contribution is -2.69. The molecule has 1 aromatic heterocycles. The van der Waals surface area contributed by atoms with Crippen LogP contribution in [0, 0.1) is 10.8 Å². The average Bonchev–Trinajstić information content (AvgIpc) is 3.07. The highest BCUT2D eigenvalue weighted by molar-refractivity contribution is 5.76. The van der Waals surface area contributed by atoms with E-state index in [1.165, 1.54) is 64.7 Å². The van der Waals surface area contributed by atoms with Crippen LogP contribution in [0.3, 0.4) is 0 Å². The van der Waals surface area contributed by atoms with Crippen LogP contribution in [0.15, 0.2) is 30.3 Å². The van der Waals surface area contributed by atoms with Gasteiger partial charge in [-0.05, 0) is 95.2 Å². The van der Waals surface area contributed by atoms with Crippen LogP contribution in [-0.4, -0.2) is 138 Å². The van der Waals surface area contributed by atoms with Crippen LogP contribution in [0.2, 0.25) is 0 Å². The molecule has 1 spiro atoms. The maximum absolute atomic E-state index is 12.7. The molecule has 5 heterocycles. The number of likely N-dealkylation sites (tertiary alicyclic amines) is 3. The standard InChI is InChI=1S/C38H59N9O2/c1-27(37(2,3)4)40-36(49)47-25-38(26-47)23-30(24-38)44-16-12-28(13-17-44)43-14-10-29(11-15-43)45-18-20-46(21-19-45)33-22-32(41-42-35(33)39-5)31-8-6-7-9-34(31)48/h6-9,22,27-30,48H,10-21,23-26H2,1-5H3,(H,39,42)(H,40,49). The maximum atomic E-state index is 12.7. The van der Waals surface area contributed by atoms with Gasteiger partial charge in [-0.2, -0.15) is 0 Å². The second-order valence-electron chi connectivity index (χ2n) is 16.7. The molecule has 0 bridgehead atoms. The Kier molecular flexibility index (Phi) is 9.71. The topological polar surface area (TPSA) is 103 Å². The number of phenolic OH excluding ortho intramolecular Hbond substituents is 1. The molecule has 5 aliphatic rings. The molecule has 1 aliphatic carbocycles. The number of piperazine rings is 1. The molecule has 2 aromatic rings. The zero-order valence-corrected chi connectivity index (χ0v) is 30.5. The van der Waals surface area contributed by atoms with Crippen molar-refractivity contribution in [1.82, 2.24) is 35.1 Å². The number of aromatic nitrogens is 2. The van der Waals surface area contributed by atoms with Gasteiger partial charge in [-0.25, -0.2) is 4.79 Å². The van der Waals surface area contributed by atoms with E-state index < -0.39 is 0 Å². The first-order chi connectivity index (χ1) is 23.5. The van der Waals surface area contributed by atoms with E-state index in [0.717, 1.165) is 56.8 Å². The normalized spacial score (nSPS) is 24.0. The van der Waals surface area contributed by atoms with Crippen molar-refractivity contribution in [3.05, 3.63) is 30.3 Å². The van der Waals surface area contributed by atoms with E-state index in [0.29, 0.717) is 28.8 Å². The first kappa shape index (κ1) is 34.3. The SMILES string of the molecule is CNc1nnc(-c2ccccc2O)cc1N1CCN(C2CCN(C3CCN(C4CC5(C4)CN(C(=O)NC(C)C(C)(C)C)C5)CC3)CC2)CC1. The molecule has 2 amide bonds. The monoisotopic (exact) mass is 673 g/mol. The second kappa shape index (κ2) is 13.9. The van der Waals surface area contributed by atoms with Gasteiger partial charge in [0.15, 0.2) is 5.82 Å². The molecule has 1 unspecified atom stereocenters. The number of aromatic hydroxyl groups is 1. The van der Waals surface area contributed by atoms with E-state index in [9.17, 15) is 9.90 Å². The average molecular weight is 674 g/mol. The summed E-state index contributed by atoms with van der Waals surface area (Å²) in [4.78, 5) is 25.5. The molecule has 49 heavy (non-hydrogen) atoms. The number of piperidine rings is 2. The van der Waals surface area contributed by atoms with Crippen LogP contribution in [0.5, 0.6) is 5.75 Å². The Morgan fingerprint density at radius 3 is 2.00 bits per heavy atom. The predicted molar refractivity (Wildman–Crippen MR) is 196 cm³/mol. The summed E-state index contributed by atoms with van der Waals surface area (Å²) in [5, 5.41) is 25.7. The molecule has 4 aliphatic heterocycles. The highest BCUT2D eigenvalue weighted by Crippen LogP contribution is 2.50. The molecular weight excluding hydrogens is 614 g/mol. The zero-order chi connectivity index (χ0) is 34.3. The fourth-order valence-electron chi connectivity index (χ4n) is 9.04. The van der Waals surface area contributed by atoms with Crippen molar-refractivity contribution in [1.29, 1.82) is 0 Å². The number of nitrogens with one attached hydrogen (secondary N) is 2. The number of hydrogen-bond acceptors (Lipinski definition) is 9. The summed E-state index contributed by atoms with van der Waals surface area (Å²) >= 11 is 0. The minimum absolute atomic E-state index is 0.0802. The second-order valence-corrected chi connectivity index (χ2v) is 16.7. The van der Waals surface area contributed by atoms with E-state index in [4.69, 9.17) is 0 Å². The third-order valence-corrected chi connectivity index (χ3v) is 12.7. The predicted octanol–water partition coefficient (Wildman–Crippen LogP) is 4.55. The number of benzene rings is 1. The maximum Gasteiger partial charge on any atom is 0.317 e. The molecule has 7 rings (SSSR count). The fraction of sp³-hybridized carbons (Fsp3) is 0.711. The van der Waals surface area contributed by atoms with Gasteiger partial charge in [0.2, 0.25) is 0 Å². The number of hydrogen-bond donors (Lipinski definition) is 3. The third-order valence-electron chi connectivity index (χ3n) is 12.7. The molecule has 3 N–H and O–H groups in total. The quantitative estimate of drug-likeness (QED) is 0.391. The van der Waals surface area contributed by atoms with Crippen LogP contribution in [0.25, 0.3) is 11.3 Å². The Morgan fingerprint density at radius 2 is 1.43 bits per heavy atom. The molecule has 1 saturated carbocycles. The third kappa shape index (κ3) is 7.21. The number of amides is 2. The minimum Gasteiger partial charge on any atom is -0.507 e. The lowest BCUT2D eigenvalue weighted by atomic mass is 9.60. The zero-order valence-electron chi connectivity index (χ0n) is 30.5. The summed E-state index contributed by atoms with van der Waals surface area (Å²) < 4.78 is 0. The smallest absolute Gasteiger partial charge is 0.317 e. The van der Waals surface area contributed by atoms with Gasteiger partial charge in [0, 0.05) is 81.5 Å². The Bertz CT molecular complexity index is 1440. The first-order valence-electron chi connectivity index (χ1n) is 18.9. The van der Waals surface area contributed by atoms with Gasteiger partial charge >= 0.3 is 6.03 Å². The van der Waals surface area contributed by atoms with E-state index >= 15 is 0 Å². The van der Waals surface area contributed by atoms with Crippen molar-refractivity contribution in [3.8, 4) is 17.0 Å². The number of urea groups is 1. The Hall–Kier alpha value is -3.15. The molecule has 5 fully saturated rings. The van der Waals surface area contributed by atoms with Gasteiger partial charge in [0.25, 0.3) is 0 Å². The summed E-state index contributed by atoms with van der Waals surface area (Å²) in [6.07, 6.45) is 7.65. The molecule has 11 nitrogen and oxygen atoms in total. The van der Waals surface area contributed by atoms with E-state index in [1.807, 2.05) is 30.1 Å². The number of rotatable bonds is 7. The molecule has 4 saturated heterocycles. The summed E-state index contributed by atoms with van der Waals surface area (Å²) in [5.41, 5.74) is 2.92. The molecule has 268 valence electrons.